The van der Waals surface area contributed by atoms with Crippen LogP contribution in [-0.2, 0) is 0 Å². The monoisotopic (exact) mass is 321 g/mol. The minimum absolute atomic E-state index is 0.0620. The minimum atomic E-state index is -0.0620. The van der Waals surface area contributed by atoms with Crippen LogP contribution < -0.4 is 5.32 Å². The van der Waals surface area contributed by atoms with Crippen LogP contribution in [0, 0.1) is 6.92 Å². The zero-order valence-corrected chi connectivity index (χ0v) is 14.6. The molecule has 4 nitrogen and oxygen atoms in total. The molecule has 0 aliphatic carbocycles. The Balaban J connectivity index is 1.93. The summed E-state index contributed by atoms with van der Waals surface area (Å²) < 4.78 is 2.14. The number of amides is 1. The Morgan fingerprint density at radius 3 is 2.46 bits per heavy atom. The molecule has 0 saturated heterocycles. The molecule has 24 heavy (non-hydrogen) atoms. The first-order valence-corrected chi connectivity index (χ1v) is 8.29. The van der Waals surface area contributed by atoms with Gasteiger partial charge < -0.3 is 9.88 Å². The minimum Gasteiger partial charge on any atom is -0.350 e. The van der Waals surface area contributed by atoms with Gasteiger partial charge in [0.1, 0.15) is 0 Å². The van der Waals surface area contributed by atoms with Crippen LogP contribution >= 0.6 is 0 Å². The van der Waals surface area contributed by atoms with Crippen molar-refractivity contribution < 1.29 is 4.79 Å². The molecule has 0 unspecified atom stereocenters. The third-order valence-corrected chi connectivity index (χ3v) is 4.23. The molecular weight excluding hydrogens is 298 g/mol. The van der Waals surface area contributed by atoms with Crippen molar-refractivity contribution in [1.82, 2.24) is 14.9 Å². The summed E-state index contributed by atoms with van der Waals surface area (Å²) in [6.07, 6.45) is 1.85. The van der Waals surface area contributed by atoms with Crippen LogP contribution in [0.5, 0.6) is 0 Å². The number of nitrogens with one attached hydrogen (secondary N) is 1. The second-order valence-electron chi connectivity index (χ2n) is 6.57. The lowest BCUT2D eigenvalue weighted by molar-refractivity contribution is 0.0943. The van der Waals surface area contributed by atoms with E-state index >= 15 is 0 Å². The lowest BCUT2D eigenvalue weighted by atomic mass is 10.1. The molecule has 0 aliphatic rings. The van der Waals surface area contributed by atoms with E-state index in [4.69, 9.17) is 0 Å². The van der Waals surface area contributed by atoms with Gasteiger partial charge in [0.25, 0.3) is 5.91 Å². The fraction of sp³-hybridized carbons (Fsp3) is 0.300. The molecule has 4 heteroatoms. The van der Waals surface area contributed by atoms with Crippen molar-refractivity contribution in [2.24, 2.45) is 0 Å². The Bertz CT molecular complexity index is 862. The number of imidazole rings is 1. The number of aromatic nitrogens is 2. The lowest BCUT2D eigenvalue weighted by Crippen LogP contribution is -2.29. The van der Waals surface area contributed by atoms with Crippen molar-refractivity contribution in [3.8, 4) is 0 Å². The summed E-state index contributed by atoms with van der Waals surface area (Å²) >= 11 is 0. The average molecular weight is 321 g/mol. The quantitative estimate of drug-likeness (QED) is 0.786. The largest absolute Gasteiger partial charge is 0.350 e. The Morgan fingerprint density at radius 2 is 1.79 bits per heavy atom. The van der Waals surface area contributed by atoms with E-state index in [9.17, 15) is 4.79 Å². The van der Waals surface area contributed by atoms with Crippen LogP contribution in [0.1, 0.15) is 48.3 Å². The number of aryl methyl sites for hydroxylation is 1. The topological polar surface area (TPSA) is 46.9 Å². The van der Waals surface area contributed by atoms with Gasteiger partial charge in [0.2, 0.25) is 0 Å². The second-order valence-corrected chi connectivity index (χ2v) is 6.57. The highest BCUT2D eigenvalue weighted by Gasteiger charge is 2.14. The van der Waals surface area contributed by atoms with E-state index in [0.717, 1.165) is 11.0 Å². The summed E-state index contributed by atoms with van der Waals surface area (Å²) in [6.45, 7) is 8.15. The standard InChI is InChI=1S/C20H23N3O/c1-13(2)22-20(24)17-9-10-19-18(11-17)21-12-23(19)15(4)16-7-5-14(3)6-8-16/h5-13,15H,1-4H3,(H,22,24)/t15-/m0/s1. The van der Waals surface area contributed by atoms with E-state index in [1.807, 2.05) is 38.4 Å². The number of benzene rings is 2. The Morgan fingerprint density at radius 1 is 1.08 bits per heavy atom. The summed E-state index contributed by atoms with van der Waals surface area (Å²) in [5.74, 6) is -0.0620. The number of carbonyl (C=O) groups excluding carboxylic acids is 1. The average Bonchev–Trinajstić information content (AvgIpc) is 2.97. The SMILES string of the molecule is Cc1ccc([C@H](C)n2cnc3cc(C(=O)NC(C)C)ccc32)cc1. The van der Waals surface area contributed by atoms with Gasteiger partial charge in [-0.1, -0.05) is 29.8 Å². The highest BCUT2D eigenvalue weighted by molar-refractivity contribution is 5.97. The summed E-state index contributed by atoms with van der Waals surface area (Å²) in [4.78, 5) is 16.6. The van der Waals surface area contributed by atoms with E-state index in [-0.39, 0.29) is 18.0 Å². The molecule has 2 aromatic carbocycles. The molecule has 1 N–H and O–H groups in total. The molecule has 124 valence electrons. The van der Waals surface area contributed by atoms with Crippen LogP contribution in [0.3, 0.4) is 0 Å². The Kier molecular flexibility index (Phi) is 4.38. The Labute approximate surface area is 142 Å². The summed E-state index contributed by atoms with van der Waals surface area (Å²) in [7, 11) is 0. The molecular formula is C20H23N3O. The highest BCUT2D eigenvalue weighted by Crippen LogP contribution is 2.24. The number of rotatable bonds is 4. The van der Waals surface area contributed by atoms with Crippen molar-refractivity contribution in [3.05, 3.63) is 65.5 Å². The third kappa shape index (κ3) is 3.18. The number of fused-ring (bicyclic) bond motifs is 1. The zero-order chi connectivity index (χ0) is 17.3. The molecule has 0 aliphatic heterocycles. The van der Waals surface area contributed by atoms with Crippen LogP contribution in [-0.4, -0.2) is 21.5 Å². The third-order valence-electron chi connectivity index (χ3n) is 4.23. The predicted octanol–water partition coefficient (Wildman–Crippen LogP) is 4.09. The Hall–Kier alpha value is -2.62. The van der Waals surface area contributed by atoms with Gasteiger partial charge in [-0.3, -0.25) is 4.79 Å². The first-order valence-electron chi connectivity index (χ1n) is 8.29. The maximum Gasteiger partial charge on any atom is 0.251 e. The van der Waals surface area contributed by atoms with Gasteiger partial charge in [-0.2, -0.15) is 0 Å². The van der Waals surface area contributed by atoms with Gasteiger partial charge in [-0.05, 0) is 51.5 Å². The molecule has 0 fully saturated rings. The van der Waals surface area contributed by atoms with Gasteiger partial charge >= 0.3 is 0 Å². The zero-order valence-electron chi connectivity index (χ0n) is 14.6. The maximum absolute atomic E-state index is 12.1. The molecule has 0 spiro atoms. The molecule has 1 atom stereocenters. The van der Waals surface area contributed by atoms with Gasteiger partial charge in [0, 0.05) is 11.6 Å². The molecule has 0 bridgehead atoms. The number of hydrogen-bond donors (Lipinski definition) is 1. The van der Waals surface area contributed by atoms with Crippen LogP contribution in [0.4, 0.5) is 0 Å². The van der Waals surface area contributed by atoms with Gasteiger partial charge in [-0.25, -0.2) is 4.98 Å². The molecule has 1 amide bonds. The van der Waals surface area contributed by atoms with Crippen molar-refractivity contribution in [2.75, 3.05) is 0 Å². The van der Waals surface area contributed by atoms with Crippen molar-refractivity contribution >= 4 is 16.9 Å². The van der Waals surface area contributed by atoms with Gasteiger partial charge in [0.05, 0.1) is 23.4 Å². The van der Waals surface area contributed by atoms with Gasteiger partial charge in [-0.15, -0.1) is 0 Å². The lowest BCUT2D eigenvalue weighted by Gasteiger charge is -2.15. The van der Waals surface area contributed by atoms with E-state index in [2.05, 4.69) is 53.0 Å². The van der Waals surface area contributed by atoms with Crippen LogP contribution in [0.2, 0.25) is 0 Å². The first-order chi connectivity index (χ1) is 11.5. The van der Waals surface area contributed by atoms with Crippen LogP contribution in [0.15, 0.2) is 48.8 Å². The summed E-state index contributed by atoms with van der Waals surface area (Å²) in [6, 6.07) is 14.5. The molecule has 3 rings (SSSR count). The van der Waals surface area contributed by atoms with E-state index in [1.165, 1.54) is 11.1 Å². The molecule has 3 aromatic rings. The fourth-order valence-electron chi connectivity index (χ4n) is 2.83. The summed E-state index contributed by atoms with van der Waals surface area (Å²) in [5, 5.41) is 2.91. The van der Waals surface area contributed by atoms with Crippen LogP contribution in [0.25, 0.3) is 11.0 Å². The second kappa shape index (κ2) is 6.48. The van der Waals surface area contributed by atoms with Gasteiger partial charge in [0.15, 0.2) is 0 Å². The first kappa shape index (κ1) is 16.2. The van der Waals surface area contributed by atoms with E-state index in [0.29, 0.717) is 5.56 Å². The molecule has 1 aromatic heterocycles. The van der Waals surface area contributed by atoms with Crippen molar-refractivity contribution in [2.45, 2.75) is 39.8 Å². The molecule has 0 radical (unpaired) electrons. The summed E-state index contributed by atoms with van der Waals surface area (Å²) in [5.41, 5.74) is 5.00. The number of nitrogens with zero attached hydrogens (tertiary/aromatic N) is 2. The predicted molar refractivity (Wildman–Crippen MR) is 97.3 cm³/mol. The van der Waals surface area contributed by atoms with E-state index < -0.39 is 0 Å². The smallest absolute Gasteiger partial charge is 0.251 e. The molecule has 0 saturated carbocycles. The van der Waals surface area contributed by atoms with Crippen molar-refractivity contribution in [3.63, 3.8) is 0 Å². The number of hydrogen-bond acceptors (Lipinski definition) is 2. The van der Waals surface area contributed by atoms with Crippen molar-refractivity contribution in [1.29, 1.82) is 0 Å². The van der Waals surface area contributed by atoms with E-state index in [1.54, 1.807) is 0 Å². The molecule has 1 heterocycles. The number of carbonyl (C=O) groups is 1. The highest BCUT2D eigenvalue weighted by atomic mass is 16.1. The fourth-order valence-corrected chi connectivity index (χ4v) is 2.83. The normalized spacial score (nSPS) is 12.5. The maximum atomic E-state index is 12.1.